The number of hydrogen-bond donors (Lipinski definition) is 0. The van der Waals surface area contributed by atoms with Gasteiger partial charge in [0.05, 0.1) is 20.8 Å². The first-order valence-corrected chi connectivity index (χ1v) is 9.47. The molecular formula is C21H29NO4. The molecule has 1 aromatic rings. The number of fused-ring (bicyclic) bond motifs is 3. The SMILES string of the molecule is CCOC(=O)/C=C1\C[C@H]2c3cc(OC)c(OC)cc3CCN2C[C@H]1CC. The Morgan fingerprint density at radius 3 is 2.62 bits per heavy atom. The second kappa shape index (κ2) is 8.12. The van der Waals surface area contributed by atoms with Crippen LogP contribution in [0.4, 0.5) is 0 Å². The number of ether oxygens (including phenoxy) is 3. The number of carbonyl (C=O) groups excluding carboxylic acids is 1. The van der Waals surface area contributed by atoms with E-state index in [0.29, 0.717) is 12.5 Å². The van der Waals surface area contributed by atoms with Gasteiger partial charge >= 0.3 is 5.97 Å². The van der Waals surface area contributed by atoms with Gasteiger partial charge in [0, 0.05) is 25.2 Å². The summed E-state index contributed by atoms with van der Waals surface area (Å²) >= 11 is 0. The Morgan fingerprint density at radius 1 is 1.23 bits per heavy atom. The second-order valence-corrected chi connectivity index (χ2v) is 6.95. The van der Waals surface area contributed by atoms with Gasteiger partial charge in [-0.05, 0) is 55.4 Å². The highest BCUT2D eigenvalue weighted by Gasteiger charge is 2.36. The number of piperidine rings is 1. The lowest BCUT2D eigenvalue weighted by atomic mass is 9.79. The quantitative estimate of drug-likeness (QED) is 0.595. The minimum atomic E-state index is -0.224. The van der Waals surface area contributed by atoms with Crippen LogP contribution in [0.25, 0.3) is 0 Å². The van der Waals surface area contributed by atoms with Crippen molar-refractivity contribution in [2.75, 3.05) is 33.9 Å². The first kappa shape index (κ1) is 18.8. The van der Waals surface area contributed by atoms with Gasteiger partial charge in [-0.3, -0.25) is 4.90 Å². The van der Waals surface area contributed by atoms with Gasteiger partial charge < -0.3 is 14.2 Å². The standard InChI is InChI=1S/C21H29NO4/c1-5-14-13-22-8-7-15-10-19(24-3)20(25-4)12-17(15)18(22)9-16(14)11-21(23)26-6-2/h10-12,14,18H,5-9,13H2,1-4H3/b16-11+/t14-,18+/m1/s1. The van der Waals surface area contributed by atoms with Crippen molar-refractivity contribution in [3.05, 3.63) is 34.9 Å². The summed E-state index contributed by atoms with van der Waals surface area (Å²) in [5.41, 5.74) is 3.81. The summed E-state index contributed by atoms with van der Waals surface area (Å²) in [6, 6.07) is 4.49. The molecule has 142 valence electrons. The fraction of sp³-hybridized carbons (Fsp3) is 0.571. The van der Waals surface area contributed by atoms with Crippen molar-refractivity contribution >= 4 is 5.97 Å². The molecule has 3 rings (SSSR count). The van der Waals surface area contributed by atoms with E-state index in [1.165, 1.54) is 16.7 Å². The Labute approximate surface area is 155 Å². The predicted molar refractivity (Wildman–Crippen MR) is 101 cm³/mol. The molecule has 5 nitrogen and oxygen atoms in total. The van der Waals surface area contributed by atoms with Crippen LogP contribution in [0.15, 0.2) is 23.8 Å². The molecule has 0 amide bonds. The van der Waals surface area contributed by atoms with Crippen LogP contribution in [-0.2, 0) is 16.0 Å². The number of esters is 1. The monoisotopic (exact) mass is 359 g/mol. The van der Waals surface area contributed by atoms with Gasteiger partial charge in [0.2, 0.25) is 0 Å². The topological polar surface area (TPSA) is 48.0 Å². The minimum Gasteiger partial charge on any atom is -0.493 e. The van der Waals surface area contributed by atoms with E-state index in [1.54, 1.807) is 20.3 Å². The van der Waals surface area contributed by atoms with Crippen molar-refractivity contribution in [1.82, 2.24) is 4.90 Å². The number of hydrogen-bond acceptors (Lipinski definition) is 5. The van der Waals surface area contributed by atoms with Crippen molar-refractivity contribution in [3.8, 4) is 11.5 Å². The molecule has 0 saturated carbocycles. The van der Waals surface area contributed by atoms with Crippen molar-refractivity contribution in [2.24, 2.45) is 5.92 Å². The fourth-order valence-corrected chi connectivity index (χ4v) is 4.23. The second-order valence-electron chi connectivity index (χ2n) is 6.95. The summed E-state index contributed by atoms with van der Waals surface area (Å²) in [7, 11) is 3.34. The lowest BCUT2D eigenvalue weighted by molar-refractivity contribution is -0.137. The molecule has 26 heavy (non-hydrogen) atoms. The highest BCUT2D eigenvalue weighted by atomic mass is 16.5. The maximum atomic E-state index is 12.0. The third-order valence-corrected chi connectivity index (χ3v) is 5.60. The van der Waals surface area contributed by atoms with E-state index in [9.17, 15) is 4.79 Å². The van der Waals surface area contributed by atoms with Crippen LogP contribution >= 0.6 is 0 Å². The largest absolute Gasteiger partial charge is 0.493 e. The summed E-state index contributed by atoms with van der Waals surface area (Å²) in [6.07, 6.45) is 4.64. The van der Waals surface area contributed by atoms with Crippen molar-refractivity contribution < 1.29 is 19.0 Å². The molecule has 0 N–H and O–H groups in total. The third kappa shape index (κ3) is 3.58. The van der Waals surface area contributed by atoms with E-state index < -0.39 is 0 Å². The summed E-state index contributed by atoms with van der Waals surface area (Å²) in [6.45, 7) is 6.47. The van der Waals surface area contributed by atoms with Gasteiger partial charge in [0.25, 0.3) is 0 Å². The zero-order valence-corrected chi connectivity index (χ0v) is 16.2. The number of rotatable bonds is 5. The van der Waals surface area contributed by atoms with Crippen LogP contribution in [0, 0.1) is 5.92 Å². The summed E-state index contributed by atoms with van der Waals surface area (Å²) in [4.78, 5) is 14.6. The molecule has 2 atom stereocenters. The van der Waals surface area contributed by atoms with E-state index in [4.69, 9.17) is 14.2 Å². The lowest BCUT2D eigenvalue weighted by Crippen LogP contribution is -2.43. The number of nitrogens with zero attached hydrogens (tertiary/aromatic N) is 1. The smallest absolute Gasteiger partial charge is 0.330 e. The van der Waals surface area contributed by atoms with Gasteiger partial charge in [-0.1, -0.05) is 12.5 Å². The van der Waals surface area contributed by atoms with Crippen molar-refractivity contribution in [2.45, 2.75) is 39.2 Å². The molecule has 0 spiro atoms. The molecule has 1 fully saturated rings. The fourth-order valence-electron chi connectivity index (χ4n) is 4.23. The normalized spacial score (nSPS) is 23.9. The summed E-state index contributed by atoms with van der Waals surface area (Å²) in [5.74, 6) is 1.74. The van der Waals surface area contributed by atoms with Crippen LogP contribution in [0.5, 0.6) is 11.5 Å². The number of carbonyl (C=O) groups is 1. The lowest BCUT2D eigenvalue weighted by Gasteiger charge is -2.45. The first-order valence-electron chi connectivity index (χ1n) is 9.47. The Kier molecular flexibility index (Phi) is 5.87. The molecule has 0 unspecified atom stereocenters. The van der Waals surface area contributed by atoms with Gasteiger partial charge in [0.15, 0.2) is 11.5 Å². The molecule has 2 aliphatic rings. The minimum absolute atomic E-state index is 0.224. The summed E-state index contributed by atoms with van der Waals surface area (Å²) in [5, 5.41) is 0. The molecule has 1 saturated heterocycles. The molecule has 1 aromatic carbocycles. The number of methoxy groups -OCH3 is 2. The molecule has 2 aliphatic heterocycles. The van der Waals surface area contributed by atoms with E-state index >= 15 is 0 Å². The average molecular weight is 359 g/mol. The van der Waals surface area contributed by atoms with Crippen LogP contribution in [0.3, 0.4) is 0 Å². The Balaban J connectivity index is 1.94. The van der Waals surface area contributed by atoms with E-state index in [0.717, 1.165) is 43.9 Å². The van der Waals surface area contributed by atoms with Crippen LogP contribution in [-0.4, -0.2) is 44.8 Å². The number of benzene rings is 1. The maximum Gasteiger partial charge on any atom is 0.330 e. The van der Waals surface area contributed by atoms with Crippen molar-refractivity contribution in [1.29, 1.82) is 0 Å². The van der Waals surface area contributed by atoms with E-state index in [1.807, 2.05) is 6.92 Å². The van der Waals surface area contributed by atoms with Gasteiger partial charge in [-0.25, -0.2) is 4.79 Å². The highest BCUT2D eigenvalue weighted by molar-refractivity contribution is 5.83. The molecule has 0 radical (unpaired) electrons. The van der Waals surface area contributed by atoms with Gasteiger partial charge in [0.1, 0.15) is 0 Å². The average Bonchev–Trinajstić information content (AvgIpc) is 2.66. The third-order valence-electron chi connectivity index (χ3n) is 5.60. The van der Waals surface area contributed by atoms with E-state index in [-0.39, 0.29) is 12.0 Å². The van der Waals surface area contributed by atoms with Crippen molar-refractivity contribution in [3.63, 3.8) is 0 Å². The van der Waals surface area contributed by atoms with Crippen LogP contribution in [0.2, 0.25) is 0 Å². The molecule has 5 heteroatoms. The molecule has 0 bridgehead atoms. The first-order chi connectivity index (χ1) is 12.6. The maximum absolute atomic E-state index is 12.0. The Bertz CT molecular complexity index is 697. The molecule has 0 aromatic heterocycles. The van der Waals surface area contributed by atoms with E-state index in [2.05, 4.69) is 24.0 Å². The zero-order chi connectivity index (χ0) is 18.7. The molecule has 2 heterocycles. The Hall–Kier alpha value is -2.01. The summed E-state index contributed by atoms with van der Waals surface area (Å²) < 4.78 is 16.1. The van der Waals surface area contributed by atoms with Gasteiger partial charge in [-0.15, -0.1) is 0 Å². The zero-order valence-electron chi connectivity index (χ0n) is 16.2. The van der Waals surface area contributed by atoms with Crippen LogP contribution in [0.1, 0.15) is 43.9 Å². The van der Waals surface area contributed by atoms with Gasteiger partial charge in [-0.2, -0.15) is 0 Å². The Morgan fingerprint density at radius 2 is 1.96 bits per heavy atom. The van der Waals surface area contributed by atoms with Crippen LogP contribution < -0.4 is 9.47 Å². The molecular weight excluding hydrogens is 330 g/mol. The molecule has 0 aliphatic carbocycles. The highest BCUT2D eigenvalue weighted by Crippen LogP contribution is 2.44. The predicted octanol–water partition coefficient (Wildman–Crippen LogP) is 3.52.